The van der Waals surface area contributed by atoms with Crippen molar-refractivity contribution in [2.45, 2.75) is 111 Å². The van der Waals surface area contributed by atoms with Gasteiger partial charge in [-0.1, -0.05) is 61.8 Å². The van der Waals surface area contributed by atoms with E-state index in [-0.39, 0.29) is 29.3 Å². The lowest BCUT2D eigenvalue weighted by molar-refractivity contribution is -0.154. The summed E-state index contributed by atoms with van der Waals surface area (Å²) in [7, 11) is 0. The summed E-state index contributed by atoms with van der Waals surface area (Å²) in [5.74, 6) is -3.75. The fourth-order valence-electron chi connectivity index (χ4n) is 6.96. The summed E-state index contributed by atoms with van der Waals surface area (Å²) < 4.78 is 10.9. The van der Waals surface area contributed by atoms with Crippen molar-refractivity contribution in [2.24, 2.45) is 39.7 Å². The van der Waals surface area contributed by atoms with E-state index in [0.717, 1.165) is 6.42 Å². The van der Waals surface area contributed by atoms with Crippen LogP contribution < -0.4 is 21.7 Å². The van der Waals surface area contributed by atoms with Gasteiger partial charge >= 0.3 is 12.0 Å². The zero-order valence-corrected chi connectivity index (χ0v) is 27.9. The lowest BCUT2D eigenvalue weighted by Crippen LogP contribution is -2.63. The second kappa shape index (κ2) is 12.5. The van der Waals surface area contributed by atoms with Crippen LogP contribution in [-0.2, 0) is 33.4 Å². The largest absolute Gasteiger partial charge is 0.458 e. The van der Waals surface area contributed by atoms with E-state index >= 15 is 0 Å². The molecule has 5 N–H and O–H groups in total. The highest BCUT2D eigenvalue weighted by atomic mass is 16.6. The van der Waals surface area contributed by atoms with Gasteiger partial charge in [-0.25, -0.2) is 9.59 Å². The Kier molecular flexibility index (Phi) is 9.64. The van der Waals surface area contributed by atoms with Crippen molar-refractivity contribution in [3.63, 3.8) is 0 Å². The third kappa shape index (κ3) is 7.28. The molecule has 7 atom stereocenters. The van der Waals surface area contributed by atoms with Gasteiger partial charge in [-0.2, -0.15) is 0 Å². The number of urea groups is 1. The van der Waals surface area contributed by atoms with Gasteiger partial charge in [-0.05, 0) is 46.8 Å². The quantitative estimate of drug-likeness (QED) is 0.205. The number of carbonyl (C=O) groups excluding carboxylic acids is 6. The van der Waals surface area contributed by atoms with Gasteiger partial charge in [0.25, 0.3) is 5.91 Å². The molecule has 13 heteroatoms. The van der Waals surface area contributed by atoms with Crippen molar-refractivity contribution < 1.29 is 38.2 Å². The molecule has 0 spiro atoms. The van der Waals surface area contributed by atoms with Gasteiger partial charge in [-0.15, -0.1) is 0 Å². The fraction of sp³-hybridized carbons (Fsp3) is 0.812. The molecule has 2 aliphatic heterocycles. The normalized spacial score (nSPS) is 27.7. The maximum Gasteiger partial charge on any atom is 0.329 e. The lowest BCUT2D eigenvalue weighted by atomic mass is 9.78. The third-order valence-electron chi connectivity index (χ3n) is 10.1. The standard InChI is InChI=1S/C32H51N5O8/c1-30(2,3)23(35-29(43)36-24(31(4,5)6)28(42)45-17-12-13-44-15-17)27(41)37-14-18-19(32(18,7)8)21(37)26(40)34-20(16-10-9-11-16)22(38)25(33)39/h16-21,23-24H,9-15H2,1-8H3,(H2,33,39)(H,34,40)(H2,35,36,43)/t17?,18-,19-,20?,21-,23+,24+/m0/s1. The van der Waals surface area contributed by atoms with E-state index in [0.29, 0.717) is 39.0 Å². The van der Waals surface area contributed by atoms with Crippen molar-refractivity contribution in [3.05, 3.63) is 0 Å². The molecule has 5 amide bonds. The molecule has 252 valence electrons. The molecule has 2 saturated carbocycles. The van der Waals surface area contributed by atoms with Crippen molar-refractivity contribution in [1.82, 2.24) is 20.9 Å². The number of ketones is 1. The second-order valence-corrected chi connectivity index (χ2v) is 15.9. The monoisotopic (exact) mass is 633 g/mol. The van der Waals surface area contributed by atoms with Crippen molar-refractivity contribution in [3.8, 4) is 0 Å². The molecule has 2 heterocycles. The molecule has 4 rings (SSSR count). The van der Waals surface area contributed by atoms with Crippen LogP contribution in [0.5, 0.6) is 0 Å². The maximum atomic E-state index is 14.3. The highest BCUT2D eigenvalue weighted by molar-refractivity contribution is 6.38. The van der Waals surface area contributed by atoms with Gasteiger partial charge in [0, 0.05) is 13.0 Å². The Morgan fingerprint density at radius 1 is 0.911 bits per heavy atom. The number of likely N-dealkylation sites (tertiary alicyclic amines) is 1. The van der Waals surface area contributed by atoms with Gasteiger partial charge < -0.3 is 36.1 Å². The number of nitrogens with zero attached hydrogens (tertiary/aromatic N) is 1. The van der Waals surface area contributed by atoms with Crippen LogP contribution in [0.3, 0.4) is 0 Å². The first-order valence-corrected chi connectivity index (χ1v) is 16.0. The molecule has 0 aromatic carbocycles. The first kappa shape index (κ1) is 34.6. The molecular formula is C32H51N5O8. The molecule has 2 aliphatic carbocycles. The highest BCUT2D eigenvalue weighted by Gasteiger charge is 2.70. The number of hydrogen-bond donors (Lipinski definition) is 4. The topological polar surface area (TPSA) is 186 Å². The number of ether oxygens (including phenoxy) is 2. The Hall–Kier alpha value is -3.22. The second-order valence-electron chi connectivity index (χ2n) is 15.9. The molecule has 0 aromatic rings. The van der Waals surface area contributed by atoms with E-state index in [1.807, 2.05) is 13.8 Å². The van der Waals surface area contributed by atoms with Crippen LogP contribution >= 0.6 is 0 Å². The molecule has 0 radical (unpaired) electrons. The summed E-state index contributed by atoms with van der Waals surface area (Å²) in [5, 5.41) is 8.29. The number of hydrogen-bond acceptors (Lipinski definition) is 8. The molecule has 4 aliphatic rings. The average Bonchev–Trinajstić information content (AvgIpc) is 3.31. The van der Waals surface area contributed by atoms with Crippen LogP contribution in [0.25, 0.3) is 0 Å². The summed E-state index contributed by atoms with van der Waals surface area (Å²) in [6, 6.07) is -4.69. The van der Waals surface area contributed by atoms with Crippen molar-refractivity contribution in [2.75, 3.05) is 19.8 Å². The molecular weight excluding hydrogens is 582 g/mol. The first-order valence-electron chi connectivity index (χ1n) is 16.0. The zero-order valence-electron chi connectivity index (χ0n) is 27.9. The Morgan fingerprint density at radius 3 is 2.00 bits per heavy atom. The molecule has 0 aromatic heterocycles. The number of piperidine rings is 1. The van der Waals surface area contributed by atoms with Crippen LogP contribution in [-0.4, -0.2) is 90.4 Å². The number of nitrogens with two attached hydrogens (primary N) is 1. The number of fused-ring (bicyclic) bond motifs is 1. The summed E-state index contributed by atoms with van der Waals surface area (Å²) in [5.41, 5.74) is 3.64. The van der Waals surface area contributed by atoms with Gasteiger partial charge in [0.2, 0.25) is 17.6 Å². The Bertz CT molecular complexity index is 1210. The van der Waals surface area contributed by atoms with Crippen molar-refractivity contribution in [1.29, 1.82) is 0 Å². The molecule has 45 heavy (non-hydrogen) atoms. The minimum Gasteiger partial charge on any atom is -0.458 e. The molecule has 4 fully saturated rings. The predicted molar refractivity (Wildman–Crippen MR) is 163 cm³/mol. The number of rotatable bonds is 10. The van der Waals surface area contributed by atoms with Crippen LogP contribution in [0.4, 0.5) is 4.79 Å². The maximum absolute atomic E-state index is 14.3. The van der Waals surface area contributed by atoms with E-state index in [4.69, 9.17) is 15.2 Å². The Labute approximate surface area is 265 Å². The number of Topliss-reactive ketones (excluding diaryl/α,β-unsaturated/α-hetero) is 1. The number of primary amides is 1. The van der Waals surface area contributed by atoms with Crippen LogP contribution in [0.1, 0.15) is 81.1 Å². The van der Waals surface area contributed by atoms with Crippen LogP contribution in [0, 0.1) is 34.0 Å². The number of carbonyl (C=O) groups is 6. The van der Waals surface area contributed by atoms with E-state index in [1.54, 1.807) is 41.5 Å². The highest BCUT2D eigenvalue weighted by Crippen LogP contribution is 2.65. The van der Waals surface area contributed by atoms with E-state index in [2.05, 4.69) is 16.0 Å². The first-order chi connectivity index (χ1) is 20.7. The molecule has 0 bridgehead atoms. The Morgan fingerprint density at radius 2 is 1.51 bits per heavy atom. The number of nitrogens with one attached hydrogen (secondary N) is 3. The van der Waals surface area contributed by atoms with E-state index < -0.39 is 70.5 Å². The van der Waals surface area contributed by atoms with Crippen LogP contribution in [0.2, 0.25) is 0 Å². The Balaban J connectivity index is 1.52. The average molecular weight is 634 g/mol. The number of amides is 5. The summed E-state index contributed by atoms with van der Waals surface area (Å²) in [6.07, 6.45) is 2.47. The zero-order chi connectivity index (χ0) is 33.6. The smallest absolute Gasteiger partial charge is 0.329 e. The van der Waals surface area contributed by atoms with E-state index in [1.165, 1.54) is 4.90 Å². The summed E-state index contributed by atoms with van der Waals surface area (Å²) >= 11 is 0. The molecule has 13 nitrogen and oxygen atoms in total. The van der Waals surface area contributed by atoms with Gasteiger partial charge in [-0.3, -0.25) is 19.2 Å². The minimum atomic E-state index is -1.10. The van der Waals surface area contributed by atoms with E-state index in [9.17, 15) is 28.8 Å². The van der Waals surface area contributed by atoms with Gasteiger partial charge in [0.1, 0.15) is 30.3 Å². The van der Waals surface area contributed by atoms with Crippen LogP contribution in [0.15, 0.2) is 0 Å². The predicted octanol–water partition coefficient (Wildman–Crippen LogP) is 1.27. The minimum absolute atomic E-state index is 0.0558. The van der Waals surface area contributed by atoms with Gasteiger partial charge in [0.05, 0.1) is 13.2 Å². The SMILES string of the molecule is CC(C)(C)[C@H](NC(=O)N[C@H](C(=O)N1C[C@H]2[C@@H]([C@H]1C(=O)NC(C(=O)C(N)=O)C1CCC1)C2(C)C)C(C)(C)C)C(=O)OC1CCOC1. The molecule has 2 unspecified atom stereocenters. The van der Waals surface area contributed by atoms with Gasteiger partial charge in [0.15, 0.2) is 0 Å². The molecule has 2 saturated heterocycles. The summed E-state index contributed by atoms with van der Waals surface area (Å²) in [4.78, 5) is 80.6. The third-order valence-corrected chi connectivity index (χ3v) is 10.1. The fourth-order valence-corrected chi connectivity index (χ4v) is 6.96. The number of esters is 1. The van der Waals surface area contributed by atoms with Crippen molar-refractivity contribution >= 4 is 35.5 Å². The lowest BCUT2D eigenvalue weighted by Gasteiger charge is -2.39. The summed E-state index contributed by atoms with van der Waals surface area (Å²) in [6.45, 7) is 16.0.